The standard InChI is InChI=1S/C13H24O5/c1-3-5-9-17-12(15)8-7-11(14)13(16)18-10-6-4-2/h11,14H,3-10H2,1-2H3/t11-/m1/s1. The lowest BCUT2D eigenvalue weighted by molar-refractivity contribution is -0.155. The Hall–Kier alpha value is -1.10. The molecule has 18 heavy (non-hydrogen) atoms. The first-order chi connectivity index (χ1) is 8.61. The van der Waals surface area contributed by atoms with E-state index in [9.17, 15) is 14.7 Å². The van der Waals surface area contributed by atoms with Crippen molar-refractivity contribution in [1.29, 1.82) is 0 Å². The van der Waals surface area contributed by atoms with E-state index in [0.717, 1.165) is 25.7 Å². The molecule has 0 aromatic carbocycles. The highest BCUT2D eigenvalue weighted by Crippen LogP contribution is 2.03. The van der Waals surface area contributed by atoms with Crippen LogP contribution in [-0.2, 0) is 19.1 Å². The van der Waals surface area contributed by atoms with Gasteiger partial charge < -0.3 is 14.6 Å². The van der Waals surface area contributed by atoms with Crippen molar-refractivity contribution in [3.05, 3.63) is 0 Å². The third-order valence-electron chi connectivity index (χ3n) is 2.40. The van der Waals surface area contributed by atoms with Gasteiger partial charge in [0.05, 0.1) is 13.2 Å². The number of unbranched alkanes of at least 4 members (excludes halogenated alkanes) is 2. The second-order valence-corrected chi connectivity index (χ2v) is 4.15. The van der Waals surface area contributed by atoms with Crippen LogP contribution in [0.15, 0.2) is 0 Å². The van der Waals surface area contributed by atoms with Crippen LogP contribution < -0.4 is 0 Å². The molecule has 0 radical (unpaired) electrons. The summed E-state index contributed by atoms with van der Waals surface area (Å²) in [6, 6.07) is 0. The van der Waals surface area contributed by atoms with Gasteiger partial charge in [-0.15, -0.1) is 0 Å². The normalized spacial score (nSPS) is 11.9. The minimum Gasteiger partial charge on any atom is -0.466 e. The maximum absolute atomic E-state index is 11.3. The molecule has 0 saturated carbocycles. The molecule has 0 aromatic rings. The Bertz CT molecular complexity index is 240. The van der Waals surface area contributed by atoms with E-state index in [1.807, 2.05) is 13.8 Å². The number of carbonyl (C=O) groups excluding carboxylic acids is 2. The Balaban J connectivity index is 3.64. The molecule has 5 heteroatoms. The first-order valence-corrected chi connectivity index (χ1v) is 6.62. The van der Waals surface area contributed by atoms with E-state index in [1.54, 1.807) is 0 Å². The molecule has 0 bridgehead atoms. The van der Waals surface area contributed by atoms with Crippen LogP contribution in [0.2, 0.25) is 0 Å². The predicted molar refractivity (Wildman–Crippen MR) is 67.0 cm³/mol. The van der Waals surface area contributed by atoms with Crippen molar-refractivity contribution < 1.29 is 24.2 Å². The summed E-state index contributed by atoms with van der Waals surface area (Å²) in [5.41, 5.74) is 0. The monoisotopic (exact) mass is 260 g/mol. The molecule has 0 fully saturated rings. The fourth-order valence-corrected chi connectivity index (χ4v) is 1.19. The van der Waals surface area contributed by atoms with Crippen molar-refractivity contribution >= 4 is 11.9 Å². The molecule has 106 valence electrons. The van der Waals surface area contributed by atoms with Gasteiger partial charge in [0.15, 0.2) is 6.10 Å². The highest BCUT2D eigenvalue weighted by molar-refractivity contribution is 5.76. The van der Waals surface area contributed by atoms with Crippen LogP contribution in [0.25, 0.3) is 0 Å². The molecule has 0 rings (SSSR count). The van der Waals surface area contributed by atoms with E-state index in [-0.39, 0.29) is 18.8 Å². The molecule has 0 spiro atoms. The predicted octanol–water partition coefficient (Wildman–Crippen LogP) is 1.81. The van der Waals surface area contributed by atoms with Gasteiger partial charge in [0, 0.05) is 6.42 Å². The lowest BCUT2D eigenvalue weighted by Gasteiger charge is -2.10. The van der Waals surface area contributed by atoms with Crippen molar-refractivity contribution in [2.45, 2.75) is 58.5 Å². The molecular weight excluding hydrogens is 236 g/mol. The maximum atomic E-state index is 11.3. The average molecular weight is 260 g/mol. The second-order valence-electron chi connectivity index (χ2n) is 4.15. The van der Waals surface area contributed by atoms with Crippen molar-refractivity contribution in [2.75, 3.05) is 13.2 Å². The zero-order valence-corrected chi connectivity index (χ0v) is 11.3. The highest BCUT2D eigenvalue weighted by atomic mass is 16.5. The number of rotatable bonds is 10. The molecule has 0 unspecified atom stereocenters. The topological polar surface area (TPSA) is 72.8 Å². The molecule has 1 N–H and O–H groups in total. The second kappa shape index (κ2) is 11.0. The van der Waals surface area contributed by atoms with Gasteiger partial charge in [-0.05, 0) is 19.3 Å². The SMILES string of the molecule is CCCCOC(=O)CC[C@@H](O)C(=O)OCCCC. The Morgan fingerprint density at radius 3 is 2.17 bits per heavy atom. The van der Waals surface area contributed by atoms with Gasteiger partial charge in [-0.3, -0.25) is 4.79 Å². The van der Waals surface area contributed by atoms with E-state index in [2.05, 4.69) is 0 Å². The smallest absolute Gasteiger partial charge is 0.334 e. The average Bonchev–Trinajstić information content (AvgIpc) is 2.36. The van der Waals surface area contributed by atoms with E-state index in [0.29, 0.717) is 13.2 Å². The first-order valence-electron chi connectivity index (χ1n) is 6.62. The molecule has 0 aromatic heterocycles. The minimum atomic E-state index is -1.24. The van der Waals surface area contributed by atoms with Crippen LogP contribution in [0.5, 0.6) is 0 Å². The number of ether oxygens (including phenoxy) is 2. The lowest BCUT2D eigenvalue weighted by atomic mass is 10.2. The number of hydrogen-bond donors (Lipinski definition) is 1. The number of aliphatic hydroxyl groups is 1. The summed E-state index contributed by atoms with van der Waals surface area (Å²) in [5.74, 6) is -1.05. The molecule has 1 atom stereocenters. The summed E-state index contributed by atoms with van der Waals surface area (Å²) in [7, 11) is 0. The van der Waals surface area contributed by atoms with Crippen LogP contribution in [-0.4, -0.2) is 36.4 Å². The van der Waals surface area contributed by atoms with Gasteiger partial charge in [-0.2, -0.15) is 0 Å². The van der Waals surface area contributed by atoms with Gasteiger partial charge in [0.25, 0.3) is 0 Å². The van der Waals surface area contributed by atoms with Gasteiger partial charge in [0.2, 0.25) is 0 Å². The van der Waals surface area contributed by atoms with Crippen LogP contribution in [0.4, 0.5) is 0 Å². The number of carbonyl (C=O) groups is 2. The van der Waals surface area contributed by atoms with Crippen molar-refractivity contribution in [2.24, 2.45) is 0 Å². The third kappa shape index (κ3) is 8.98. The minimum absolute atomic E-state index is 0.0355. The van der Waals surface area contributed by atoms with Crippen LogP contribution in [0.3, 0.4) is 0 Å². The van der Waals surface area contributed by atoms with Crippen molar-refractivity contribution in [1.82, 2.24) is 0 Å². The largest absolute Gasteiger partial charge is 0.466 e. The summed E-state index contributed by atoms with van der Waals surface area (Å²) in [6.07, 6.45) is 2.34. The molecule has 0 aliphatic heterocycles. The fraction of sp³-hybridized carbons (Fsp3) is 0.846. The van der Waals surface area contributed by atoms with Crippen LogP contribution >= 0.6 is 0 Å². The van der Waals surface area contributed by atoms with E-state index >= 15 is 0 Å². The number of esters is 2. The Morgan fingerprint density at radius 1 is 1.06 bits per heavy atom. The summed E-state index contributed by atoms with van der Waals surface area (Å²) in [5, 5.41) is 9.46. The molecule has 5 nitrogen and oxygen atoms in total. The van der Waals surface area contributed by atoms with Crippen LogP contribution in [0, 0.1) is 0 Å². The Kier molecular flexibility index (Phi) is 10.3. The fourth-order valence-electron chi connectivity index (χ4n) is 1.19. The van der Waals surface area contributed by atoms with Crippen molar-refractivity contribution in [3.8, 4) is 0 Å². The molecule has 0 aliphatic carbocycles. The van der Waals surface area contributed by atoms with Crippen LogP contribution in [0.1, 0.15) is 52.4 Å². The maximum Gasteiger partial charge on any atom is 0.334 e. The lowest BCUT2D eigenvalue weighted by Crippen LogP contribution is -2.24. The van der Waals surface area contributed by atoms with E-state index in [1.165, 1.54) is 0 Å². The Labute approximate surface area is 108 Å². The van der Waals surface area contributed by atoms with E-state index in [4.69, 9.17) is 9.47 Å². The van der Waals surface area contributed by atoms with E-state index < -0.39 is 12.1 Å². The molecule has 0 aliphatic rings. The zero-order chi connectivity index (χ0) is 13.8. The number of aliphatic hydroxyl groups excluding tert-OH is 1. The molecule has 0 amide bonds. The van der Waals surface area contributed by atoms with Gasteiger partial charge in [-0.25, -0.2) is 4.79 Å². The quantitative estimate of drug-likeness (QED) is 0.479. The number of hydrogen-bond acceptors (Lipinski definition) is 5. The summed E-state index contributed by atoms with van der Waals surface area (Å²) in [4.78, 5) is 22.5. The Morgan fingerprint density at radius 2 is 1.61 bits per heavy atom. The summed E-state index contributed by atoms with van der Waals surface area (Å²) < 4.78 is 9.74. The third-order valence-corrected chi connectivity index (χ3v) is 2.40. The summed E-state index contributed by atoms with van der Waals surface area (Å²) >= 11 is 0. The highest BCUT2D eigenvalue weighted by Gasteiger charge is 2.18. The first kappa shape index (κ1) is 16.9. The van der Waals surface area contributed by atoms with Crippen molar-refractivity contribution in [3.63, 3.8) is 0 Å². The van der Waals surface area contributed by atoms with Gasteiger partial charge in [-0.1, -0.05) is 26.7 Å². The zero-order valence-electron chi connectivity index (χ0n) is 11.3. The molecule has 0 saturated heterocycles. The van der Waals surface area contributed by atoms with Gasteiger partial charge in [0.1, 0.15) is 0 Å². The summed E-state index contributed by atoms with van der Waals surface area (Å²) in [6.45, 7) is 4.69. The van der Waals surface area contributed by atoms with Gasteiger partial charge >= 0.3 is 11.9 Å². The molecule has 0 heterocycles. The molecular formula is C13H24O5.